The smallest absolute Gasteiger partial charge is 0.0758 e. The van der Waals surface area contributed by atoms with Gasteiger partial charge in [0.15, 0.2) is 0 Å². The minimum atomic E-state index is -0.354. The van der Waals surface area contributed by atoms with Gasteiger partial charge in [-0.3, -0.25) is 4.90 Å². The first-order chi connectivity index (χ1) is 9.32. The van der Waals surface area contributed by atoms with E-state index in [0.29, 0.717) is 12.3 Å². The summed E-state index contributed by atoms with van der Waals surface area (Å²) in [6, 6.07) is 8.65. The largest absolute Gasteiger partial charge is 0.391 e. The number of likely N-dealkylation sites (N-methyl/N-ethyl adjacent to an activating group) is 1. The summed E-state index contributed by atoms with van der Waals surface area (Å²) < 4.78 is 0. The van der Waals surface area contributed by atoms with Crippen molar-refractivity contribution in [1.29, 1.82) is 0 Å². The molecule has 0 fully saturated rings. The summed E-state index contributed by atoms with van der Waals surface area (Å²) >= 11 is 0. The standard InChI is InChI=1S/C18H31NO/c1-7-19(8-2)18(5,6)17(20)13-15-9-11-16(12-10-15)14(3)4/h9-12,14,17,20H,7-8,13H2,1-6H3. The van der Waals surface area contributed by atoms with E-state index < -0.39 is 0 Å². The van der Waals surface area contributed by atoms with Crippen molar-refractivity contribution in [2.24, 2.45) is 0 Å². The van der Waals surface area contributed by atoms with Gasteiger partial charge >= 0.3 is 0 Å². The Kier molecular flexibility index (Phi) is 6.22. The minimum Gasteiger partial charge on any atom is -0.391 e. The molecule has 1 rings (SSSR count). The molecule has 0 bridgehead atoms. The van der Waals surface area contributed by atoms with Crippen LogP contribution in [0.5, 0.6) is 0 Å². The lowest BCUT2D eigenvalue weighted by Crippen LogP contribution is -2.53. The van der Waals surface area contributed by atoms with Gasteiger partial charge in [0, 0.05) is 12.0 Å². The van der Waals surface area contributed by atoms with Crippen LogP contribution in [0.25, 0.3) is 0 Å². The van der Waals surface area contributed by atoms with Crippen molar-refractivity contribution >= 4 is 0 Å². The lowest BCUT2D eigenvalue weighted by Gasteiger charge is -2.41. The maximum Gasteiger partial charge on any atom is 0.0758 e. The topological polar surface area (TPSA) is 23.5 Å². The quantitative estimate of drug-likeness (QED) is 0.818. The van der Waals surface area contributed by atoms with Crippen molar-refractivity contribution in [1.82, 2.24) is 4.90 Å². The molecule has 0 spiro atoms. The molecule has 0 heterocycles. The van der Waals surface area contributed by atoms with E-state index in [9.17, 15) is 5.11 Å². The van der Waals surface area contributed by atoms with E-state index in [-0.39, 0.29) is 11.6 Å². The second-order valence-electron chi connectivity index (χ2n) is 6.44. The third-order valence-corrected chi connectivity index (χ3v) is 4.47. The van der Waals surface area contributed by atoms with Gasteiger partial charge in [0.1, 0.15) is 0 Å². The van der Waals surface area contributed by atoms with E-state index in [1.54, 1.807) is 0 Å². The van der Waals surface area contributed by atoms with Crippen LogP contribution in [0.1, 0.15) is 58.6 Å². The van der Waals surface area contributed by atoms with Crippen LogP contribution >= 0.6 is 0 Å². The Labute approximate surface area is 124 Å². The molecule has 0 aliphatic rings. The van der Waals surface area contributed by atoms with Gasteiger partial charge in [-0.1, -0.05) is 52.0 Å². The molecule has 0 saturated carbocycles. The molecule has 1 aromatic rings. The van der Waals surface area contributed by atoms with Crippen molar-refractivity contribution in [2.75, 3.05) is 13.1 Å². The number of benzene rings is 1. The Morgan fingerprint density at radius 1 is 1.05 bits per heavy atom. The van der Waals surface area contributed by atoms with E-state index in [1.807, 2.05) is 0 Å². The molecule has 1 aromatic carbocycles. The van der Waals surface area contributed by atoms with Crippen LogP contribution in [0.3, 0.4) is 0 Å². The lowest BCUT2D eigenvalue weighted by atomic mass is 9.89. The van der Waals surface area contributed by atoms with Crippen molar-refractivity contribution in [2.45, 2.75) is 65.5 Å². The third-order valence-electron chi connectivity index (χ3n) is 4.47. The minimum absolute atomic E-state index is 0.194. The summed E-state index contributed by atoms with van der Waals surface area (Å²) in [5.74, 6) is 0.557. The average Bonchev–Trinajstić information content (AvgIpc) is 2.40. The predicted molar refractivity (Wildman–Crippen MR) is 87.2 cm³/mol. The fourth-order valence-corrected chi connectivity index (χ4v) is 2.76. The maximum absolute atomic E-state index is 10.6. The second-order valence-corrected chi connectivity index (χ2v) is 6.44. The van der Waals surface area contributed by atoms with Gasteiger partial charge in [0.25, 0.3) is 0 Å². The van der Waals surface area contributed by atoms with Crippen LogP contribution in [0.4, 0.5) is 0 Å². The van der Waals surface area contributed by atoms with Crippen LogP contribution in [0.2, 0.25) is 0 Å². The van der Waals surface area contributed by atoms with E-state index in [1.165, 1.54) is 11.1 Å². The van der Waals surface area contributed by atoms with E-state index in [0.717, 1.165) is 13.1 Å². The summed E-state index contributed by atoms with van der Waals surface area (Å²) in [4.78, 5) is 2.32. The molecule has 2 heteroatoms. The second kappa shape index (κ2) is 7.24. The van der Waals surface area contributed by atoms with Gasteiger partial charge in [-0.2, -0.15) is 0 Å². The van der Waals surface area contributed by atoms with E-state index in [4.69, 9.17) is 0 Å². The fraction of sp³-hybridized carbons (Fsp3) is 0.667. The Morgan fingerprint density at radius 3 is 1.95 bits per heavy atom. The lowest BCUT2D eigenvalue weighted by molar-refractivity contribution is -0.00415. The molecule has 0 aliphatic carbocycles. The highest BCUT2D eigenvalue weighted by Gasteiger charge is 2.32. The molecule has 114 valence electrons. The van der Waals surface area contributed by atoms with Crippen LogP contribution < -0.4 is 0 Å². The SMILES string of the molecule is CCN(CC)C(C)(C)C(O)Cc1ccc(C(C)C)cc1. The highest BCUT2D eigenvalue weighted by molar-refractivity contribution is 5.25. The average molecular weight is 277 g/mol. The summed E-state index contributed by atoms with van der Waals surface area (Å²) in [5.41, 5.74) is 2.37. The van der Waals surface area contributed by atoms with Gasteiger partial charge in [0.2, 0.25) is 0 Å². The molecule has 1 unspecified atom stereocenters. The van der Waals surface area contributed by atoms with E-state index in [2.05, 4.69) is 70.7 Å². The number of hydrogen-bond acceptors (Lipinski definition) is 2. The Morgan fingerprint density at radius 2 is 1.55 bits per heavy atom. The summed E-state index contributed by atoms with van der Waals surface area (Å²) in [6.45, 7) is 14.9. The van der Waals surface area contributed by atoms with Crippen LogP contribution in [-0.4, -0.2) is 34.7 Å². The van der Waals surface area contributed by atoms with Gasteiger partial charge in [-0.25, -0.2) is 0 Å². The Hall–Kier alpha value is -0.860. The molecule has 0 amide bonds. The summed E-state index contributed by atoms with van der Waals surface area (Å²) in [6.07, 6.45) is 0.356. The van der Waals surface area contributed by atoms with Crippen molar-refractivity contribution in [3.8, 4) is 0 Å². The van der Waals surface area contributed by atoms with Crippen molar-refractivity contribution in [3.05, 3.63) is 35.4 Å². The number of aliphatic hydroxyl groups is 1. The molecule has 1 atom stereocenters. The highest BCUT2D eigenvalue weighted by atomic mass is 16.3. The number of hydrogen-bond donors (Lipinski definition) is 1. The van der Waals surface area contributed by atoms with Gasteiger partial charge in [0.05, 0.1) is 6.10 Å². The first kappa shape index (κ1) is 17.2. The van der Waals surface area contributed by atoms with E-state index >= 15 is 0 Å². The molecule has 2 nitrogen and oxygen atoms in total. The summed E-state index contributed by atoms with van der Waals surface area (Å²) in [7, 11) is 0. The molecule has 0 radical (unpaired) electrons. The zero-order valence-electron chi connectivity index (χ0n) is 14.0. The zero-order chi connectivity index (χ0) is 15.3. The van der Waals surface area contributed by atoms with Crippen LogP contribution in [0, 0.1) is 0 Å². The molecule has 0 aliphatic heterocycles. The number of rotatable bonds is 7. The summed E-state index contributed by atoms with van der Waals surface area (Å²) in [5, 5.41) is 10.6. The van der Waals surface area contributed by atoms with Gasteiger partial charge in [-0.15, -0.1) is 0 Å². The normalized spacial score (nSPS) is 14.1. The fourth-order valence-electron chi connectivity index (χ4n) is 2.76. The maximum atomic E-state index is 10.6. The highest BCUT2D eigenvalue weighted by Crippen LogP contribution is 2.23. The first-order valence-corrected chi connectivity index (χ1v) is 7.84. The van der Waals surface area contributed by atoms with Gasteiger partial charge in [-0.05, 0) is 44.0 Å². The predicted octanol–water partition coefficient (Wildman–Crippen LogP) is 3.83. The molecule has 1 N–H and O–H groups in total. The van der Waals surface area contributed by atoms with Crippen molar-refractivity contribution in [3.63, 3.8) is 0 Å². The Bertz CT molecular complexity index is 390. The molecular weight excluding hydrogens is 246 g/mol. The van der Waals surface area contributed by atoms with Crippen LogP contribution in [-0.2, 0) is 6.42 Å². The number of aliphatic hydroxyl groups excluding tert-OH is 1. The first-order valence-electron chi connectivity index (χ1n) is 7.84. The molecule has 20 heavy (non-hydrogen) atoms. The third kappa shape index (κ3) is 4.07. The zero-order valence-corrected chi connectivity index (χ0v) is 14.0. The van der Waals surface area contributed by atoms with Gasteiger partial charge < -0.3 is 5.11 Å². The van der Waals surface area contributed by atoms with Crippen LogP contribution in [0.15, 0.2) is 24.3 Å². The number of nitrogens with zero attached hydrogens (tertiary/aromatic N) is 1. The Balaban J connectivity index is 2.76. The molecule has 0 saturated heterocycles. The monoisotopic (exact) mass is 277 g/mol. The molecular formula is C18H31NO. The van der Waals surface area contributed by atoms with Crippen molar-refractivity contribution < 1.29 is 5.11 Å². The molecule has 0 aromatic heterocycles.